The number of carboxylic acids is 1. The summed E-state index contributed by atoms with van der Waals surface area (Å²) in [5, 5.41) is 12.0. The van der Waals surface area contributed by atoms with E-state index in [0.29, 0.717) is 11.6 Å². The molecule has 1 fully saturated rings. The van der Waals surface area contributed by atoms with Gasteiger partial charge in [-0.15, -0.1) is 11.3 Å². The van der Waals surface area contributed by atoms with Crippen molar-refractivity contribution in [2.45, 2.75) is 32.1 Å². The van der Waals surface area contributed by atoms with Crippen molar-refractivity contribution in [2.24, 2.45) is 5.92 Å². The number of rotatable bonds is 5. The Morgan fingerprint density at radius 2 is 2.20 bits per heavy atom. The van der Waals surface area contributed by atoms with Crippen molar-refractivity contribution < 1.29 is 14.6 Å². The molecule has 0 amide bonds. The second-order valence-corrected chi connectivity index (χ2v) is 6.67. The molecule has 0 saturated carbocycles. The Bertz CT molecular complexity index is 465. The summed E-state index contributed by atoms with van der Waals surface area (Å²) in [6, 6.07) is 0. The molecule has 0 aliphatic carbocycles. The van der Waals surface area contributed by atoms with Crippen LogP contribution in [0.2, 0.25) is 0 Å². The molecule has 0 atom stereocenters. The fourth-order valence-electron chi connectivity index (χ4n) is 2.33. The van der Waals surface area contributed by atoms with Crippen LogP contribution < -0.4 is 4.90 Å². The van der Waals surface area contributed by atoms with Crippen LogP contribution in [0.3, 0.4) is 0 Å². The van der Waals surface area contributed by atoms with Gasteiger partial charge in [0.15, 0.2) is 5.13 Å². The van der Waals surface area contributed by atoms with E-state index in [2.05, 4.69) is 9.88 Å². The van der Waals surface area contributed by atoms with E-state index in [-0.39, 0.29) is 0 Å². The topological polar surface area (TPSA) is 62.7 Å². The molecule has 112 valence electrons. The highest BCUT2D eigenvalue weighted by Crippen LogP contribution is 2.31. The lowest BCUT2D eigenvalue weighted by molar-refractivity contribution is -0.142. The summed E-state index contributed by atoms with van der Waals surface area (Å²) in [6.07, 6.45) is 2.20. The number of nitrogens with zero attached hydrogens (tertiary/aromatic N) is 2. The molecule has 0 unspecified atom stereocenters. The van der Waals surface area contributed by atoms with Gasteiger partial charge < -0.3 is 14.7 Å². The third-order valence-electron chi connectivity index (χ3n) is 3.95. The molecule has 0 spiro atoms. The van der Waals surface area contributed by atoms with Crippen LogP contribution in [0.25, 0.3) is 0 Å². The van der Waals surface area contributed by atoms with Crippen molar-refractivity contribution in [3.05, 3.63) is 11.1 Å². The number of hydrogen-bond donors (Lipinski definition) is 1. The van der Waals surface area contributed by atoms with E-state index in [1.165, 1.54) is 11.3 Å². The summed E-state index contributed by atoms with van der Waals surface area (Å²) in [4.78, 5) is 18.0. The lowest BCUT2D eigenvalue weighted by Crippen LogP contribution is -2.35. The quantitative estimate of drug-likeness (QED) is 0.904. The van der Waals surface area contributed by atoms with Gasteiger partial charge in [-0.1, -0.05) is 0 Å². The number of aliphatic carboxylic acids is 1. The van der Waals surface area contributed by atoms with Crippen LogP contribution in [0.15, 0.2) is 5.38 Å². The molecule has 20 heavy (non-hydrogen) atoms. The molecule has 1 aromatic rings. The van der Waals surface area contributed by atoms with E-state index in [1.807, 2.05) is 5.38 Å². The number of anilines is 1. The fourth-order valence-corrected chi connectivity index (χ4v) is 3.38. The first-order chi connectivity index (χ1) is 9.45. The Labute approximate surface area is 123 Å². The Balaban J connectivity index is 2.02. The van der Waals surface area contributed by atoms with Gasteiger partial charge in [0.1, 0.15) is 5.41 Å². The zero-order chi connectivity index (χ0) is 14.8. The van der Waals surface area contributed by atoms with E-state index in [0.717, 1.165) is 37.7 Å². The average Bonchev–Trinajstić information content (AvgIpc) is 2.90. The van der Waals surface area contributed by atoms with Crippen LogP contribution in [0.1, 0.15) is 32.4 Å². The first kappa shape index (κ1) is 15.3. The van der Waals surface area contributed by atoms with Crippen LogP contribution in [0, 0.1) is 5.92 Å². The monoisotopic (exact) mass is 298 g/mol. The number of hydrogen-bond acceptors (Lipinski definition) is 5. The molecule has 1 aliphatic rings. The van der Waals surface area contributed by atoms with Crippen molar-refractivity contribution in [2.75, 3.05) is 31.7 Å². The Hall–Kier alpha value is -1.14. The summed E-state index contributed by atoms with van der Waals surface area (Å²) >= 11 is 1.54. The van der Waals surface area contributed by atoms with Crippen molar-refractivity contribution in [3.63, 3.8) is 0 Å². The maximum absolute atomic E-state index is 11.3. The highest BCUT2D eigenvalue weighted by atomic mass is 32.1. The molecule has 5 nitrogen and oxygen atoms in total. The lowest BCUT2D eigenvalue weighted by Gasteiger charge is -2.31. The van der Waals surface area contributed by atoms with Gasteiger partial charge in [-0.25, -0.2) is 4.98 Å². The second kappa shape index (κ2) is 6.10. The molecule has 2 heterocycles. The summed E-state index contributed by atoms with van der Waals surface area (Å²) in [5.74, 6) is -0.209. The highest BCUT2D eigenvalue weighted by Gasteiger charge is 2.33. The molecule has 1 N–H and O–H groups in total. The normalized spacial score (nSPS) is 17.4. The number of ether oxygens (including phenoxy) is 1. The van der Waals surface area contributed by atoms with E-state index in [9.17, 15) is 9.90 Å². The highest BCUT2D eigenvalue weighted by molar-refractivity contribution is 7.13. The van der Waals surface area contributed by atoms with Gasteiger partial charge in [-0.05, 0) is 32.6 Å². The summed E-state index contributed by atoms with van der Waals surface area (Å²) in [6.45, 7) is 6.14. The zero-order valence-electron chi connectivity index (χ0n) is 12.3. The van der Waals surface area contributed by atoms with E-state index < -0.39 is 11.4 Å². The zero-order valence-corrected chi connectivity index (χ0v) is 13.1. The maximum Gasteiger partial charge on any atom is 0.315 e. The third kappa shape index (κ3) is 3.12. The fraction of sp³-hybridized carbons (Fsp3) is 0.714. The smallest absolute Gasteiger partial charge is 0.315 e. The van der Waals surface area contributed by atoms with Gasteiger partial charge in [0.2, 0.25) is 0 Å². The summed E-state index contributed by atoms with van der Waals surface area (Å²) in [7, 11) is 1.74. The molecular weight excluding hydrogens is 276 g/mol. The third-order valence-corrected chi connectivity index (χ3v) is 4.86. The van der Waals surface area contributed by atoms with Crippen molar-refractivity contribution in [1.29, 1.82) is 0 Å². The van der Waals surface area contributed by atoms with Gasteiger partial charge >= 0.3 is 5.97 Å². The van der Waals surface area contributed by atoms with Gasteiger partial charge in [0, 0.05) is 32.2 Å². The van der Waals surface area contributed by atoms with Gasteiger partial charge in [-0.2, -0.15) is 0 Å². The summed E-state index contributed by atoms with van der Waals surface area (Å²) in [5.41, 5.74) is -0.285. The van der Waals surface area contributed by atoms with E-state index >= 15 is 0 Å². The molecular formula is C14H22N2O3S. The first-order valence-corrected chi connectivity index (χ1v) is 7.76. The molecule has 1 aromatic heterocycles. The number of methoxy groups -OCH3 is 1. The second-order valence-electron chi connectivity index (χ2n) is 5.83. The molecule has 0 radical (unpaired) electrons. The number of aromatic nitrogens is 1. The van der Waals surface area contributed by atoms with Crippen LogP contribution in [0.5, 0.6) is 0 Å². The Morgan fingerprint density at radius 3 is 2.75 bits per heavy atom. The molecule has 1 aliphatic heterocycles. The largest absolute Gasteiger partial charge is 0.481 e. The SMILES string of the molecule is COCC1CCN(c2nc(C(C)(C)C(=O)O)cs2)CC1. The standard InChI is InChI=1S/C14H22N2O3S/c1-14(2,12(17)18)11-9-20-13(15-11)16-6-4-10(5-7-16)8-19-3/h9-10H,4-8H2,1-3H3,(H,17,18). The van der Waals surface area contributed by atoms with Crippen LogP contribution in [0.4, 0.5) is 5.13 Å². The number of carbonyl (C=O) groups is 1. The van der Waals surface area contributed by atoms with Crippen molar-refractivity contribution in [3.8, 4) is 0 Å². The molecule has 2 rings (SSSR count). The minimum atomic E-state index is -0.927. The Kier molecular flexibility index (Phi) is 4.65. The maximum atomic E-state index is 11.3. The molecule has 0 aromatic carbocycles. The van der Waals surface area contributed by atoms with Crippen molar-refractivity contribution >= 4 is 22.4 Å². The van der Waals surface area contributed by atoms with Crippen LogP contribution >= 0.6 is 11.3 Å². The van der Waals surface area contributed by atoms with E-state index in [1.54, 1.807) is 21.0 Å². The molecule has 0 bridgehead atoms. The van der Waals surface area contributed by atoms with Crippen LogP contribution in [-0.2, 0) is 14.9 Å². The van der Waals surface area contributed by atoms with E-state index in [4.69, 9.17) is 4.74 Å². The average molecular weight is 298 g/mol. The predicted molar refractivity (Wildman–Crippen MR) is 79.6 cm³/mol. The van der Waals surface area contributed by atoms with Gasteiger partial charge in [0.25, 0.3) is 0 Å². The number of carboxylic acid groups (broad SMARTS) is 1. The lowest BCUT2D eigenvalue weighted by atomic mass is 9.90. The van der Waals surface area contributed by atoms with Crippen molar-refractivity contribution in [1.82, 2.24) is 4.98 Å². The first-order valence-electron chi connectivity index (χ1n) is 6.88. The van der Waals surface area contributed by atoms with Crippen LogP contribution in [-0.4, -0.2) is 42.9 Å². The minimum absolute atomic E-state index is 0.631. The van der Waals surface area contributed by atoms with Gasteiger partial charge in [0.05, 0.1) is 5.69 Å². The molecule has 1 saturated heterocycles. The summed E-state index contributed by atoms with van der Waals surface area (Å²) < 4.78 is 5.20. The van der Waals surface area contributed by atoms with Gasteiger partial charge in [-0.3, -0.25) is 4.79 Å². The Morgan fingerprint density at radius 1 is 1.55 bits per heavy atom. The number of thiazole rings is 1. The molecule has 6 heteroatoms. The predicted octanol–water partition coefficient (Wildman–Crippen LogP) is 2.37. The minimum Gasteiger partial charge on any atom is -0.481 e. The number of piperidine rings is 1.